The molecule has 2 rings (SSSR count). The third-order valence-electron chi connectivity index (χ3n) is 2.51. The Morgan fingerprint density at radius 3 is 2.72 bits per heavy atom. The van der Waals surface area contributed by atoms with Crippen LogP contribution < -0.4 is 5.32 Å². The number of hydrogen-bond acceptors (Lipinski definition) is 5. The molecule has 0 saturated heterocycles. The Balaban J connectivity index is 2.08. The smallest absolute Gasteiger partial charge is 0.357 e. The second kappa shape index (κ2) is 5.64. The number of ether oxygens (including phenoxy) is 1. The van der Waals surface area contributed by atoms with Gasteiger partial charge in [-0.25, -0.2) is 9.78 Å². The van der Waals surface area contributed by atoms with Gasteiger partial charge in [0.25, 0.3) is 0 Å². The summed E-state index contributed by atoms with van der Waals surface area (Å²) in [6.07, 6.45) is 1.02. The van der Waals surface area contributed by atoms with Gasteiger partial charge in [0.05, 0.1) is 7.11 Å². The molecule has 2 aromatic rings. The SMILES string of the molecule is CCc1ccc(Nc2nc(C(=O)OC)cs2)cc1. The van der Waals surface area contributed by atoms with Crippen molar-refractivity contribution in [1.82, 2.24) is 4.98 Å². The fourth-order valence-corrected chi connectivity index (χ4v) is 2.18. The molecule has 18 heavy (non-hydrogen) atoms. The lowest BCUT2D eigenvalue weighted by atomic mass is 10.1. The van der Waals surface area contributed by atoms with Gasteiger partial charge in [-0.05, 0) is 24.1 Å². The van der Waals surface area contributed by atoms with Crippen molar-refractivity contribution >= 4 is 28.1 Å². The summed E-state index contributed by atoms with van der Waals surface area (Å²) in [6, 6.07) is 8.13. The van der Waals surface area contributed by atoms with Crippen LogP contribution in [0.25, 0.3) is 0 Å². The Hall–Kier alpha value is -1.88. The lowest BCUT2D eigenvalue weighted by Crippen LogP contribution is -2.01. The van der Waals surface area contributed by atoms with Crippen molar-refractivity contribution in [3.63, 3.8) is 0 Å². The van der Waals surface area contributed by atoms with Gasteiger partial charge in [-0.3, -0.25) is 0 Å². The van der Waals surface area contributed by atoms with Crippen LogP contribution in [0.5, 0.6) is 0 Å². The number of aromatic nitrogens is 1. The first-order valence-corrected chi connectivity index (χ1v) is 6.50. The maximum Gasteiger partial charge on any atom is 0.357 e. The maximum absolute atomic E-state index is 11.3. The first kappa shape index (κ1) is 12.6. The molecule has 0 spiro atoms. The largest absolute Gasteiger partial charge is 0.464 e. The minimum Gasteiger partial charge on any atom is -0.464 e. The molecule has 0 radical (unpaired) electrons. The molecule has 0 fully saturated rings. The van der Waals surface area contributed by atoms with Crippen LogP contribution in [-0.4, -0.2) is 18.1 Å². The van der Waals surface area contributed by atoms with Gasteiger partial charge in [-0.1, -0.05) is 19.1 Å². The maximum atomic E-state index is 11.3. The molecule has 4 nitrogen and oxygen atoms in total. The van der Waals surface area contributed by atoms with Crippen molar-refractivity contribution in [2.45, 2.75) is 13.3 Å². The monoisotopic (exact) mass is 262 g/mol. The molecule has 1 aromatic carbocycles. The number of nitrogens with one attached hydrogen (secondary N) is 1. The molecule has 1 heterocycles. The highest BCUT2D eigenvalue weighted by atomic mass is 32.1. The van der Waals surface area contributed by atoms with Crippen molar-refractivity contribution in [1.29, 1.82) is 0 Å². The number of carbonyl (C=O) groups is 1. The van der Waals surface area contributed by atoms with E-state index in [1.165, 1.54) is 24.0 Å². The van der Waals surface area contributed by atoms with Crippen LogP contribution in [0.4, 0.5) is 10.8 Å². The molecule has 1 aromatic heterocycles. The number of esters is 1. The third kappa shape index (κ3) is 2.87. The molecule has 0 atom stereocenters. The molecule has 0 aliphatic carbocycles. The van der Waals surface area contributed by atoms with Crippen molar-refractivity contribution < 1.29 is 9.53 Å². The summed E-state index contributed by atoms with van der Waals surface area (Å²) in [6.45, 7) is 2.12. The van der Waals surface area contributed by atoms with Crippen LogP contribution in [0.15, 0.2) is 29.6 Å². The molecule has 0 saturated carbocycles. The summed E-state index contributed by atoms with van der Waals surface area (Å²) in [4.78, 5) is 15.4. The topological polar surface area (TPSA) is 51.2 Å². The number of aryl methyl sites for hydroxylation is 1. The fraction of sp³-hybridized carbons (Fsp3) is 0.231. The molecular weight excluding hydrogens is 248 g/mol. The second-order valence-electron chi connectivity index (χ2n) is 3.70. The van der Waals surface area contributed by atoms with Crippen LogP contribution in [0.1, 0.15) is 23.0 Å². The van der Waals surface area contributed by atoms with Crippen molar-refractivity contribution in [3.8, 4) is 0 Å². The van der Waals surface area contributed by atoms with Crippen LogP contribution in [0, 0.1) is 0 Å². The quantitative estimate of drug-likeness (QED) is 0.859. The molecule has 94 valence electrons. The van der Waals surface area contributed by atoms with E-state index in [0.717, 1.165) is 12.1 Å². The molecule has 1 N–H and O–H groups in total. The van der Waals surface area contributed by atoms with Gasteiger partial charge in [0, 0.05) is 11.1 Å². The van der Waals surface area contributed by atoms with E-state index in [-0.39, 0.29) is 0 Å². The van der Waals surface area contributed by atoms with E-state index in [4.69, 9.17) is 0 Å². The number of thiazole rings is 1. The van der Waals surface area contributed by atoms with E-state index in [2.05, 4.69) is 34.1 Å². The lowest BCUT2D eigenvalue weighted by molar-refractivity contribution is 0.0595. The fourth-order valence-electron chi connectivity index (χ4n) is 1.48. The number of hydrogen-bond donors (Lipinski definition) is 1. The highest BCUT2D eigenvalue weighted by Crippen LogP contribution is 2.21. The molecule has 0 unspecified atom stereocenters. The lowest BCUT2D eigenvalue weighted by Gasteiger charge is -2.03. The predicted molar refractivity (Wildman–Crippen MR) is 72.6 cm³/mol. The van der Waals surface area contributed by atoms with Gasteiger partial charge in [0.15, 0.2) is 10.8 Å². The number of methoxy groups -OCH3 is 1. The Bertz CT molecular complexity index is 534. The molecule has 0 aliphatic heterocycles. The minimum absolute atomic E-state index is 0.329. The molecule has 0 amide bonds. The Kier molecular flexibility index (Phi) is 3.94. The molecule has 5 heteroatoms. The predicted octanol–water partition coefficient (Wildman–Crippen LogP) is 3.24. The van der Waals surface area contributed by atoms with E-state index >= 15 is 0 Å². The zero-order valence-electron chi connectivity index (χ0n) is 10.3. The van der Waals surface area contributed by atoms with E-state index in [0.29, 0.717) is 10.8 Å². The minimum atomic E-state index is -0.416. The van der Waals surface area contributed by atoms with E-state index in [1.807, 2.05) is 12.1 Å². The first-order chi connectivity index (χ1) is 8.72. The van der Waals surface area contributed by atoms with Gasteiger partial charge in [0.2, 0.25) is 0 Å². The first-order valence-electron chi connectivity index (χ1n) is 5.62. The highest BCUT2D eigenvalue weighted by Gasteiger charge is 2.10. The summed E-state index contributed by atoms with van der Waals surface area (Å²) in [5, 5.41) is 5.51. The number of benzene rings is 1. The number of rotatable bonds is 4. The van der Waals surface area contributed by atoms with Crippen LogP contribution >= 0.6 is 11.3 Å². The molecule has 0 aliphatic rings. The Morgan fingerprint density at radius 2 is 2.11 bits per heavy atom. The normalized spacial score (nSPS) is 10.1. The summed E-state index contributed by atoms with van der Waals surface area (Å²) < 4.78 is 4.61. The molecule has 0 bridgehead atoms. The zero-order chi connectivity index (χ0) is 13.0. The second-order valence-corrected chi connectivity index (χ2v) is 4.56. The molecular formula is C13H14N2O2S. The average molecular weight is 262 g/mol. The van der Waals surface area contributed by atoms with E-state index < -0.39 is 5.97 Å². The van der Waals surface area contributed by atoms with E-state index in [1.54, 1.807) is 5.38 Å². The Morgan fingerprint density at radius 1 is 1.39 bits per heavy atom. The standard InChI is InChI=1S/C13H14N2O2S/c1-3-9-4-6-10(7-5-9)14-13-15-11(8-18-13)12(16)17-2/h4-8H,3H2,1-2H3,(H,14,15). The zero-order valence-corrected chi connectivity index (χ0v) is 11.1. The van der Waals surface area contributed by atoms with Gasteiger partial charge < -0.3 is 10.1 Å². The van der Waals surface area contributed by atoms with Crippen LogP contribution in [0.2, 0.25) is 0 Å². The summed E-state index contributed by atoms with van der Waals surface area (Å²) in [5.74, 6) is -0.416. The Labute approximate surface area is 110 Å². The van der Waals surface area contributed by atoms with Gasteiger partial charge in [0.1, 0.15) is 0 Å². The summed E-state index contributed by atoms with van der Waals surface area (Å²) in [5.41, 5.74) is 2.57. The highest BCUT2D eigenvalue weighted by molar-refractivity contribution is 7.14. The van der Waals surface area contributed by atoms with E-state index in [9.17, 15) is 4.79 Å². The van der Waals surface area contributed by atoms with Crippen molar-refractivity contribution in [3.05, 3.63) is 40.9 Å². The summed E-state index contributed by atoms with van der Waals surface area (Å²) in [7, 11) is 1.35. The van der Waals surface area contributed by atoms with Gasteiger partial charge >= 0.3 is 5.97 Å². The number of nitrogens with zero attached hydrogens (tertiary/aromatic N) is 1. The third-order valence-corrected chi connectivity index (χ3v) is 3.27. The number of anilines is 2. The van der Waals surface area contributed by atoms with Gasteiger partial charge in [-0.2, -0.15) is 0 Å². The van der Waals surface area contributed by atoms with Crippen LogP contribution in [0.3, 0.4) is 0 Å². The van der Waals surface area contributed by atoms with Crippen molar-refractivity contribution in [2.24, 2.45) is 0 Å². The van der Waals surface area contributed by atoms with Crippen molar-refractivity contribution in [2.75, 3.05) is 12.4 Å². The van der Waals surface area contributed by atoms with Crippen LogP contribution in [-0.2, 0) is 11.2 Å². The average Bonchev–Trinajstić information content (AvgIpc) is 2.87. The number of carbonyl (C=O) groups excluding carboxylic acids is 1. The summed E-state index contributed by atoms with van der Waals surface area (Å²) >= 11 is 1.37. The van der Waals surface area contributed by atoms with Gasteiger partial charge in [-0.15, -0.1) is 11.3 Å².